The molecule has 5 nitrogen and oxygen atoms in total. The quantitative estimate of drug-likeness (QED) is 0.731. The maximum Gasteiger partial charge on any atom is 0.254 e. The molecule has 4 N–H and O–H groups in total. The summed E-state index contributed by atoms with van der Waals surface area (Å²) in [7, 11) is 1.53. The van der Waals surface area contributed by atoms with Crippen LogP contribution < -0.4 is 11.5 Å². The first-order valence-corrected chi connectivity index (χ1v) is 4.87. The maximum atomic E-state index is 11.8. The van der Waals surface area contributed by atoms with Gasteiger partial charge < -0.3 is 16.4 Å². The second-order valence-corrected chi connectivity index (χ2v) is 3.53. The molecule has 0 saturated carbocycles. The predicted octanol–water partition coefficient (Wildman–Crippen LogP) is -0.297. The number of hydrogen-bond donors (Lipinski definition) is 2. The van der Waals surface area contributed by atoms with E-state index in [-0.39, 0.29) is 12.5 Å². The van der Waals surface area contributed by atoms with Gasteiger partial charge in [-0.25, -0.2) is 0 Å². The Morgan fingerprint density at radius 2 is 1.81 bits per heavy atom. The third-order valence-electron chi connectivity index (χ3n) is 2.18. The van der Waals surface area contributed by atoms with Gasteiger partial charge in [0.05, 0.1) is 6.54 Å². The van der Waals surface area contributed by atoms with Crippen LogP contribution >= 0.6 is 0 Å². The number of hydrogen-bond acceptors (Lipinski definition) is 3. The van der Waals surface area contributed by atoms with Gasteiger partial charge in [-0.1, -0.05) is 12.1 Å². The van der Waals surface area contributed by atoms with E-state index in [1.807, 2.05) is 0 Å². The highest BCUT2D eigenvalue weighted by Gasteiger charge is 2.12. The molecule has 1 aromatic rings. The Balaban J connectivity index is 2.75. The fourth-order valence-corrected chi connectivity index (χ4v) is 1.31. The number of carbonyl (C=O) groups is 2. The van der Waals surface area contributed by atoms with Crippen LogP contribution in [-0.2, 0) is 11.3 Å². The predicted molar refractivity (Wildman–Crippen MR) is 60.5 cm³/mol. The van der Waals surface area contributed by atoms with Crippen molar-refractivity contribution in [2.45, 2.75) is 6.54 Å². The Labute approximate surface area is 94.0 Å². The average molecular weight is 221 g/mol. The van der Waals surface area contributed by atoms with Crippen molar-refractivity contribution < 1.29 is 9.59 Å². The van der Waals surface area contributed by atoms with Crippen LogP contribution in [0.1, 0.15) is 15.9 Å². The molecule has 0 saturated heterocycles. The lowest BCUT2D eigenvalue weighted by Gasteiger charge is -2.15. The number of amides is 2. The van der Waals surface area contributed by atoms with Crippen LogP contribution in [-0.4, -0.2) is 30.3 Å². The van der Waals surface area contributed by atoms with Gasteiger partial charge in [-0.3, -0.25) is 9.59 Å². The molecule has 0 radical (unpaired) electrons. The smallest absolute Gasteiger partial charge is 0.254 e. The van der Waals surface area contributed by atoms with E-state index in [4.69, 9.17) is 11.5 Å². The highest BCUT2D eigenvalue weighted by atomic mass is 16.2. The number of benzene rings is 1. The summed E-state index contributed by atoms with van der Waals surface area (Å²) in [6, 6.07) is 6.93. The highest BCUT2D eigenvalue weighted by molar-refractivity contribution is 5.96. The molecule has 0 unspecified atom stereocenters. The van der Waals surface area contributed by atoms with Crippen LogP contribution in [0, 0.1) is 0 Å². The van der Waals surface area contributed by atoms with Crippen LogP contribution in [0.4, 0.5) is 0 Å². The SMILES string of the molecule is CN(CC(N)=O)C(=O)c1ccc(CN)cc1. The van der Waals surface area contributed by atoms with Crippen LogP contribution in [0.15, 0.2) is 24.3 Å². The second-order valence-electron chi connectivity index (χ2n) is 3.53. The molecular weight excluding hydrogens is 206 g/mol. The van der Waals surface area contributed by atoms with Crippen molar-refractivity contribution in [1.82, 2.24) is 4.90 Å². The Bertz CT molecular complexity index is 387. The third-order valence-corrected chi connectivity index (χ3v) is 2.18. The highest BCUT2D eigenvalue weighted by Crippen LogP contribution is 2.06. The molecule has 1 aromatic carbocycles. The number of primary amides is 1. The van der Waals surface area contributed by atoms with Crippen molar-refractivity contribution in [2.24, 2.45) is 11.5 Å². The molecular formula is C11H15N3O2. The zero-order chi connectivity index (χ0) is 12.1. The summed E-state index contributed by atoms with van der Waals surface area (Å²) in [5.41, 5.74) is 11.9. The summed E-state index contributed by atoms with van der Waals surface area (Å²) in [4.78, 5) is 23.7. The molecule has 0 fully saturated rings. The summed E-state index contributed by atoms with van der Waals surface area (Å²) in [5.74, 6) is -0.767. The fraction of sp³-hybridized carbons (Fsp3) is 0.273. The summed E-state index contributed by atoms with van der Waals surface area (Å²) < 4.78 is 0. The molecule has 2 amide bonds. The first-order chi connectivity index (χ1) is 7.54. The van der Waals surface area contributed by atoms with Gasteiger partial charge in [0.25, 0.3) is 5.91 Å². The minimum absolute atomic E-state index is 0.0858. The number of carbonyl (C=O) groups excluding carboxylic acids is 2. The van der Waals surface area contributed by atoms with Crippen molar-refractivity contribution in [1.29, 1.82) is 0 Å². The summed E-state index contributed by atoms with van der Waals surface area (Å²) in [6.07, 6.45) is 0. The first-order valence-electron chi connectivity index (χ1n) is 4.87. The lowest BCUT2D eigenvalue weighted by atomic mass is 10.1. The van der Waals surface area contributed by atoms with Crippen molar-refractivity contribution in [3.8, 4) is 0 Å². The average Bonchev–Trinajstić information content (AvgIpc) is 2.27. The minimum atomic E-state index is -0.533. The van der Waals surface area contributed by atoms with Crippen LogP contribution in [0.25, 0.3) is 0 Å². The van der Waals surface area contributed by atoms with Crippen molar-refractivity contribution in [3.63, 3.8) is 0 Å². The monoisotopic (exact) mass is 221 g/mol. The summed E-state index contributed by atoms with van der Waals surface area (Å²) >= 11 is 0. The van der Waals surface area contributed by atoms with Gasteiger partial charge >= 0.3 is 0 Å². The van der Waals surface area contributed by atoms with Crippen LogP contribution in [0.2, 0.25) is 0 Å². The van der Waals surface area contributed by atoms with Gasteiger partial charge in [0, 0.05) is 19.2 Å². The Morgan fingerprint density at radius 1 is 1.25 bits per heavy atom. The second kappa shape index (κ2) is 5.27. The van der Waals surface area contributed by atoms with E-state index in [1.54, 1.807) is 24.3 Å². The van der Waals surface area contributed by atoms with Crippen molar-refractivity contribution in [3.05, 3.63) is 35.4 Å². The standard InChI is InChI=1S/C11H15N3O2/c1-14(7-10(13)15)11(16)9-4-2-8(6-12)3-5-9/h2-5H,6-7,12H2,1H3,(H2,13,15). The summed E-state index contributed by atoms with van der Waals surface area (Å²) in [6.45, 7) is 0.350. The zero-order valence-corrected chi connectivity index (χ0v) is 9.14. The number of nitrogens with zero attached hydrogens (tertiary/aromatic N) is 1. The van der Waals surface area contributed by atoms with Crippen molar-refractivity contribution in [2.75, 3.05) is 13.6 Å². The van der Waals surface area contributed by atoms with E-state index in [1.165, 1.54) is 11.9 Å². The first kappa shape index (κ1) is 12.2. The van der Waals surface area contributed by atoms with Gasteiger partial charge in [0.2, 0.25) is 5.91 Å². The van der Waals surface area contributed by atoms with Gasteiger partial charge in [-0.15, -0.1) is 0 Å². The number of likely N-dealkylation sites (N-methyl/N-ethyl adjacent to an activating group) is 1. The molecule has 0 spiro atoms. The molecule has 0 aliphatic rings. The molecule has 0 aliphatic carbocycles. The normalized spacial score (nSPS) is 9.88. The minimum Gasteiger partial charge on any atom is -0.368 e. The van der Waals surface area contributed by atoms with E-state index < -0.39 is 5.91 Å². The molecule has 0 aromatic heterocycles. The topological polar surface area (TPSA) is 89.4 Å². The van der Waals surface area contributed by atoms with E-state index in [0.29, 0.717) is 12.1 Å². The lowest BCUT2D eigenvalue weighted by Crippen LogP contribution is -2.35. The summed E-state index contributed by atoms with van der Waals surface area (Å²) in [5, 5.41) is 0. The van der Waals surface area contributed by atoms with Crippen molar-refractivity contribution >= 4 is 11.8 Å². The molecule has 0 bridgehead atoms. The molecule has 0 aliphatic heterocycles. The molecule has 0 atom stereocenters. The third kappa shape index (κ3) is 3.06. The van der Waals surface area contributed by atoms with Crippen LogP contribution in [0.5, 0.6) is 0 Å². The molecule has 5 heteroatoms. The van der Waals surface area contributed by atoms with Gasteiger partial charge in [-0.2, -0.15) is 0 Å². The van der Waals surface area contributed by atoms with E-state index in [9.17, 15) is 9.59 Å². The Hall–Kier alpha value is -1.88. The largest absolute Gasteiger partial charge is 0.368 e. The van der Waals surface area contributed by atoms with E-state index >= 15 is 0 Å². The molecule has 0 heterocycles. The lowest BCUT2D eigenvalue weighted by molar-refractivity contribution is -0.118. The van der Waals surface area contributed by atoms with Crippen LogP contribution in [0.3, 0.4) is 0 Å². The Kier molecular flexibility index (Phi) is 4.02. The number of nitrogens with two attached hydrogens (primary N) is 2. The van der Waals surface area contributed by atoms with E-state index in [0.717, 1.165) is 5.56 Å². The number of rotatable bonds is 4. The zero-order valence-electron chi connectivity index (χ0n) is 9.14. The molecule has 16 heavy (non-hydrogen) atoms. The van der Waals surface area contributed by atoms with Gasteiger partial charge in [-0.05, 0) is 17.7 Å². The van der Waals surface area contributed by atoms with Gasteiger partial charge in [0.15, 0.2) is 0 Å². The Morgan fingerprint density at radius 3 is 2.25 bits per heavy atom. The maximum absolute atomic E-state index is 11.8. The molecule has 86 valence electrons. The van der Waals surface area contributed by atoms with E-state index in [2.05, 4.69) is 0 Å². The van der Waals surface area contributed by atoms with Gasteiger partial charge in [0.1, 0.15) is 0 Å². The fourth-order valence-electron chi connectivity index (χ4n) is 1.31. The molecule has 1 rings (SSSR count).